The topological polar surface area (TPSA) is 78.8 Å². The Bertz CT molecular complexity index is 395. The predicted molar refractivity (Wildman–Crippen MR) is 72.1 cm³/mol. The number of para-hydroxylation sites is 2. The molecule has 0 heterocycles. The van der Waals surface area contributed by atoms with Crippen LogP contribution in [0, 0.1) is 5.92 Å². The molecule has 0 aliphatic heterocycles. The van der Waals surface area contributed by atoms with E-state index in [1.54, 1.807) is 18.2 Å². The van der Waals surface area contributed by atoms with Crippen molar-refractivity contribution >= 4 is 5.91 Å². The van der Waals surface area contributed by atoms with Crippen LogP contribution in [0.4, 0.5) is 0 Å². The summed E-state index contributed by atoms with van der Waals surface area (Å²) in [4.78, 5) is 11.5. The number of phenolic OH excluding ortho intramolecular Hbond substituents is 1. The number of aliphatic hydroxyl groups is 1. The first-order valence-corrected chi connectivity index (χ1v) is 6.42. The third-order valence-electron chi connectivity index (χ3n) is 2.73. The lowest BCUT2D eigenvalue weighted by Crippen LogP contribution is -2.29. The van der Waals surface area contributed by atoms with Crippen LogP contribution in [0.2, 0.25) is 0 Å². The molecule has 0 aliphatic carbocycles. The molecule has 0 radical (unpaired) electrons. The monoisotopic (exact) mass is 267 g/mol. The summed E-state index contributed by atoms with van der Waals surface area (Å²) >= 11 is 0. The van der Waals surface area contributed by atoms with E-state index < -0.39 is 0 Å². The minimum Gasteiger partial charge on any atom is -0.504 e. The molecule has 1 aromatic rings. The Labute approximate surface area is 113 Å². The van der Waals surface area contributed by atoms with Crippen LogP contribution in [-0.2, 0) is 4.79 Å². The average molecular weight is 267 g/mol. The third-order valence-corrected chi connectivity index (χ3v) is 2.73. The van der Waals surface area contributed by atoms with Gasteiger partial charge < -0.3 is 20.3 Å². The van der Waals surface area contributed by atoms with Gasteiger partial charge in [-0.25, -0.2) is 0 Å². The quantitative estimate of drug-likeness (QED) is 0.620. The summed E-state index contributed by atoms with van der Waals surface area (Å²) in [5.74, 6) is 0.355. The van der Waals surface area contributed by atoms with Crippen LogP contribution in [0.3, 0.4) is 0 Å². The van der Waals surface area contributed by atoms with Crippen LogP contribution in [0.25, 0.3) is 0 Å². The van der Waals surface area contributed by atoms with E-state index in [-0.39, 0.29) is 30.8 Å². The summed E-state index contributed by atoms with van der Waals surface area (Å²) in [5, 5.41) is 21.0. The Hall–Kier alpha value is -1.75. The zero-order valence-electron chi connectivity index (χ0n) is 11.1. The molecule has 0 saturated carbocycles. The van der Waals surface area contributed by atoms with Gasteiger partial charge in [-0.05, 0) is 30.9 Å². The maximum Gasteiger partial charge on any atom is 0.257 e. The first kappa shape index (κ1) is 15.3. The number of hydrogen-bond donors (Lipinski definition) is 3. The van der Waals surface area contributed by atoms with Gasteiger partial charge in [0.05, 0.1) is 0 Å². The van der Waals surface area contributed by atoms with Crippen molar-refractivity contribution in [2.75, 3.05) is 19.8 Å². The summed E-state index contributed by atoms with van der Waals surface area (Å²) in [5.41, 5.74) is 0. The summed E-state index contributed by atoms with van der Waals surface area (Å²) < 4.78 is 5.20. The molecule has 1 atom stereocenters. The van der Waals surface area contributed by atoms with Crippen molar-refractivity contribution in [3.63, 3.8) is 0 Å². The maximum atomic E-state index is 11.5. The Morgan fingerprint density at radius 3 is 2.84 bits per heavy atom. The van der Waals surface area contributed by atoms with Crippen molar-refractivity contribution < 1.29 is 19.7 Å². The van der Waals surface area contributed by atoms with E-state index in [0.29, 0.717) is 12.3 Å². The summed E-state index contributed by atoms with van der Waals surface area (Å²) in [6, 6.07) is 6.52. The predicted octanol–water partition coefficient (Wildman–Crippen LogP) is 1.30. The largest absolute Gasteiger partial charge is 0.504 e. The minimum atomic E-state index is -0.222. The smallest absolute Gasteiger partial charge is 0.257 e. The van der Waals surface area contributed by atoms with E-state index in [2.05, 4.69) is 5.32 Å². The molecule has 0 saturated heterocycles. The zero-order chi connectivity index (χ0) is 14.1. The van der Waals surface area contributed by atoms with Crippen molar-refractivity contribution in [1.82, 2.24) is 5.32 Å². The van der Waals surface area contributed by atoms with Crippen LogP contribution >= 0.6 is 0 Å². The van der Waals surface area contributed by atoms with Gasteiger partial charge in [-0.3, -0.25) is 4.79 Å². The van der Waals surface area contributed by atoms with E-state index >= 15 is 0 Å². The highest BCUT2D eigenvalue weighted by Gasteiger charge is 2.05. The molecule has 1 aromatic carbocycles. The molecule has 1 unspecified atom stereocenters. The SMILES string of the molecule is CC(CO)CCCNC(=O)COc1ccccc1O. The summed E-state index contributed by atoms with van der Waals surface area (Å²) in [6.07, 6.45) is 1.70. The fourth-order valence-corrected chi connectivity index (χ4v) is 1.54. The number of hydrogen-bond acceptors (Lipinski definition) is 4. The van der Waals surface area contributed by atoms with Crippen LogP contribution in [-0.4, -0.2) is 35.9 Å². The zero-order valence-corrected chi connectivity index (χ0v) is 11.1. The highest BCUT2D eigenvalue weighted by molar-refractivity contribution is 5.77. The van der Waals surface area contributed by atoms with Crippen LogP contribution in [0.15, 0.2) is 24.3 Å². The highest BCUT2D eigenvalue weighted by Crippen LogP contribution is 2.23. The fourth-order valence-electron chi connectivity index (χ4n) is 1.54. The highest BCUT2D eigenvalue weighted by atomic mass is 16.5. The van der Waals surface area contributed by atoms with Crippen LogP contribution in [0.1, 0.15) is 19.8 Å². The first-order chi connectivity index (χ1) is 9.13. The average Bonchev–Trinajstić information content (AvgIpc) is 2.42. The minimum absolute atomic E-state index is 0.0204. The lowest BCUT2D eigenvalue weighted by atomic mass is 10.1. The normalized spacial score (nSPS) is 11.9. The lowest BCUT2D eigenvalue weighted by molar-refractivity contribution is -0.123. The van der Waals surface area contributed by atoms with Crippen LogP contribution in [0.5, 0.6) is 11.5 Å². The number of benzene rings is 1. The fraction of sp³-hybridized carbons (Fsp3) is 0.500. The number of ether oxygens (including phenoxy) is 1. The number of aromatic hydroxyl groups is 1. The van der Waals surface area contributed by atoms with Gasteiger partial charge in [0.15, 0.2) is 18.1 Å². The Balaban J connectivity index is 2.16. The molecule has 3 N–H and O–H groups in total. The number of rotatable bonds is 8. The maximum absolute atomic E-state index is 11.5. The number of nitrogens with one attached hydrogen (secondary N) is 1. The Morgan fingerprint density at radius 1 is 1.42 bits per heavy atom. The molecule has 0 spiro atoms. The molecule has 106 valence electrons. The Morgan fingerprint density at radius 2 is 2.16 bits per heavy atom. The molecule has 1 amide bonds. The molecule has 0 fully saturated rings. The van der Waals surface area contributed by atoms with Gasteiger partial charge in [0.2, 0.25) is 0 Å². The number of phenols is 1. The second-order valence-corrected chi connectivity index (χ2v) is 4.54. The molecule has 0 bridgehead atoms. The van der Waals surface area contributed by atoms with Gasteiger partial charge >= 0.3 is 0 Å². The molecule has 5 nitrogen and oxygen atoms in total. The molecule has 0 aromatic heterocycles. The number of aliphatic hydroxyl groups excluding tert-OH is 1. The van der Waals surface area contributed by atoms with Gasteiger partial charge in [0.1, 0.15) is 0 Å². The molecule has 5 heteroatoms. The van der Waals surface area contributed by atoms with E-state index in [9.17, 15) is 9.90 Å². The number of carbonyl (C=O) groups excluding carboxylic acids is 1. The molecular formula is C14H21NO4. The van der Waals surface area contributed by atoms with Gasteiger partial charge in [-0.1, -0.05) is 19.1 Å². The van der Waals surface area contributed by atoms with Gasteiger partial charge in [0.25, 0.3) is 5.91 Å². The van der Waals surface area contributed by atoms with E-state index in [1.807, 2.05) is 6.92 Å². The summed E-state index contributed by atoms with van der Waals surface area (Å²) in [6.45, 7) is 2.58. The van der Waals surface area contributed by atoms with Gasteiger partial charge in [0, 0.05) is 13.2 Å². The molecule has 19 heavy (non-hydrogen) atoms. The van der Waals surface area contributed by atoms with E-state index in [4.69, 9.17) is 9.84 Å². The third kappa shape index (κ3) is 6.10. The van der Waals surface area contributed by atoms with E-state index in [0.717, 1.165) is 12.8 Å². The van der Waals surface area contributed by atoms with Gasteiger partial charge in [-0.15, -0.1) is 0 Å². The van der Waals surface area contributed by atoms with Crippen molar-refractivity contribution in [3.8, 4) is 11.5 Å². The standard InChI is InChI=1S/C14H21NO4/c1-11(9-16)5-4-8-15-14(18)10-19-13-7-3-2-6-12(13)17/h2-3,6-7,11,16-17H,4-5,8-10H2,1H3,(H,15,18). The van der Waals surface area contributed by atoms with Crippen LogP contribution < -0.4 is 10.1 Å². The number of carbonyl (C=O) groups is 1. The molecule has 0 aliphatic rings. The van der Waals surface area contributed by atoms with Crippen molar-refractivity contribution in [2.45, 2.75) is 19.8 Å². The molecular weight excluding hydrogens is 246 g/mol. The number of amides is 1. The second kappa shape index (κ2) is 8.37. The second-order valence-electron chi connectivity index (χ2n) is 4.54. The Kier molecular flexibility index (Phi) is 6.74. The first-order valence-electron chi connectivity index (χ1n) is 6.42. The van der Waals surface area contributed by atoms with E-state index in [1.165, 1.54) is 6.07 Å². The lowest BCUT2D eigenvalue weighted by Gasteiger charge is -2.10. The summed E-state index contributed by atoms with van der Waals surface area (Å²) in [7, 11) is 0. The van der Waals surface area contributed by atoms with Crippen molar-refractivity contribution in [3.05, 3.63) is 24.3 Å². The van der Waals surface area contributed by atoms with Crippen molar-refractivity contribution in [1.29, 1.82) is 0 Å². The van der Waals surface area contributed by atoms with Crippen molar-refractivity contribution in [2.24, 2.45) is 5.92 Å². The van der Waals surface area contributed by atoms with Gasteiger partial charge in [-0.2, -0.15) is 0 Å². The molecule has 1 rings (SSSR count).